The number of rotatable bonds is 3. The van der Waals surface area contributed by atoms with Crippen molar-refractivity contribution in [3.63, 3.8) is 0 Å². The quantitative estimate of drug-likeness (QED) is 0.748. The lowest BCUT2D eigenvalue weighted by Crippen LogP contribution is -2.15. The van der Waals surface area contributed by atoms with E-state index in [1.54, 1.807) is 6.26 Å². The number of aromatic amines is 1. The molecular weight excluding hydrogens is 214 g/mol. The minimum Gasteiger partial charge on any atom is -0.467 e. The number of nitrogens with zero attached hydrogens (tertiary/aromatic N) is 2. The van der Waals surface area contributed by atoms with E-state index >= 15 is 0 Å². The van der Waals surface area contributed by atoms with Crippen molar-refractivity contribution >= 4 is 16.7 Å². The minimum atomic E-state index is 0.741. The predicted molar refractivity (Wildman–Crippen MR) is 66.9 cm³/mol. The lowest BCUT2D eigenvalue weighted by Gasteiger charge is -2.17. The maximum absolute atomic E-state index is 5.33. The van der Waals surface area contributed by atoms with Crippen LogP contribution in [0.4, 0.5) is 5.69 Å². The summed E-state index contributed by atoms with van der Waals surface area (Å²) < 4.78 is 5.33. The number of fused-ring (bicyclic) bond motifs is 1. The second-order valence-corrected chi connectivity index (χ2v) is 4.04. The van der Waals surface area contributed by atoms with Gasteiger partial charge in [-0.05, 0) is 24.3 Å². The summed E-state index contributed by atoms with van der Waals surface area (Å²) in [5.74, 6) is 0.946. The first-order chi connectivity index (χ1) is 8.33. The van der Waals surface area contributed by atoms with Crippen LogP contribution in [0, 0.1) is 0 Å². The Hall–Kier alpha value is -2.23. The lowest BCUT2D eigenvalue weighted by atomic mass is 10.3. The molecule has 86 valence electrons. The van der Waals surface area contributed by atoms with E-state index in [4.69, 9.17) is 4.42 Å². The van der Waals surface area contributed by atoms with E-state index in [1.807, 2.05) is 37.6 Å². The van der Waals surface area contributed by atoms with Gasteiger partial charge < -0.3 is 14.3 Å². The second kappa shape index (κ2) is 3.97. The van der Waals surface area contributed by atoms with Crippen molar-refractivity contribution in [1.82, 2.24) is 9.97 Å². The fourth-order valence-corrected chi connectivity index (χ4v) is 1.86. The molecule has 4 nitrogen and oxygen atoms in total. The summed E-state index contributed by atoms with van der Waals surface area (Å²) in [6.07, 6.45) is 5.45. The van der Waals surface area contributed by atoms with Gasteiger partial charge >= 0.3 is 0 Å². The maximum Gasteiger partial charge on any atom is 0.137 e. The Morgan fingerprint density at radius 2 is 2.35 bits per heavy atom. The molecule has 0 aliphatic carbocycles. The molecule has 0 unspecified atom stereocenters. The third-order valence-electron chi connectivity index (χ3n) is 2.80. The van der Waals surface area contributed by atoms with Gasteiger partial charge in [-0.15, -0.1) is 0 Å². The van der Waals surface area contributed by atoms with Crippen molar-refractivity contribution in [1.29, 1.82) is 0 Å². The summed E-state index contributed by atoms with van der Waals surface area (Å²) in [4.78, 5) is 9.56. The Balaban J connectivity index is 1.87. The number of aromatic nitrogens is 2. The largest absolute Gasteiger partial charge is 0.467 e. The van der Waals surface area contributed by atoms with Crippen molar-refractivity contribution in [2.75, 3.05) is 11.9 Å². The first-order valence-electron chi connectivity index (χ1n) is 5.49. The highest BCUT2D eigenvalue weighted by Gasteiger charge is 2.05. The van der Waals surface area contributed by atoms with Crippen LogP contribution in [-0.2, 0) is 6.54 Å². The average Bonchev–Trinajstić information content (AvgIpc) is 2.97. The number of furan rings is 1. The molecule has 0 aliphatic rings. The molecule has 0 amide bonds. The molecule has 17 heavy (non-hydrogen) atoms. The minimum absolute atomic E-state index is 0.741. The van der Waals surface area contributed by atoms with Gasteiger partial charge in [0.1, 0.15) is 11.4 Å². The Bertz CT molecular complexity index is 612. The molecule has 0 fully saturated rings. The highest BCUT2D eigenvalue weighted by atomic mass is 16.3. The van der Waals surface area contributed by atoms with Crippen LogP contribution in [0.2, 0.25) is 0 Å². The monoisotopic (exact) mass is 227 g/mol. The van der Waals surface area contributed by atoms with E-state index in [2.05, 4.69) is 20.9 Å². The van der Waals surface area contributed by atoms with Crippen LogP contribution in [0.3, 0.4) is 0 Å². The molecule has 3 rings (SSSR count). The van der Waals surface area contributed by atoms with Gasteiger partial charge in [0.15, 0.2) is 0 Å². The topological polar surface area (TPSA) is 45.1 Å². The molecule has 3 aromatic rings. The molecule has 0 saturated heterocycles. The van der Waals surface area contributed by atoms with E-state index in [0.29, 0.717) is 0 Å². The van der Waals surface area contributed by atoms with Crippen LogP contribution in [0.1, 0.15) is 5.76 Å². The van der Waals surface area contributed by atoms with Crippen LogP contribution in [0.25, 0.3) is 11.0 Å². The summed E-state index contributed by atoms with van der Waals surface area (Å²) in [6, 6.07) is 8.00. The Morgan fingerprint density at radius 1 is 1.41 bits per heavy atom. The Labute approximate surface area is 98.9 Å². The molecule has 3 heterocycles. The van der Waals surface area contributed by atoms with Crippen LogP contribution in [0.5, 0.6) is 0 Å². The van der Waals surface area contributed by atoms with Crippen molar-refractivity contribution in [2.24, 2.45) is 0 Å². The smallest absolute Gasteiger partial charge is 0.137 e. The van der Waals surface area contributed by atoms with Crippen molar-refractivity contribution in [2.45, 2.75) is 6.54 Å². The van der Waals surface area contributed by atoms with Gasteiger partial charge in [-0.1, -0.05) is 0 Å². The zero-order valence-corrected chi connectivity index (χ0v) is 9.55. The Morgan fingerprint density at radius 3 is 3.18 bits per heavy atom. The van der Waals surface area contributed by atoms with Gasteiger partial charge in [-0.3, -0.25) is 0 Å². The van der Waals surface area contributed by atoms with E-state index in [-0.39, 0.29) is 0 Å². The fourth-order valence-electron chi connectivity index (χ4n) is 1.86. The molecule has 0 aromatic carbocycles. The fraction of sp³-hybridized carbons (Fsp3) is 0.154. The summed E-state index contributed by atoms with van der Waals surface area (Å²) in [5, 5.41) is 1.12. The van der Waals surface area contributed by atoms with Crippen LogP contribution in [-0.4, -0.2) is 17.0 Å². The molecule has 0 bridgehead atoms. The van der Waals surface area contributed by atoms with Crippen molar-refractivity contribution in [3.05, 3.63) is 48.7 Å². The van der Waals surface area contributed by atoms with Gasteiger partial charge in [-0.25, -0.2) is 4.98 Å². The molecule has 3 aromatic heterocycles. The van der Waals surface area contributed by atoms with E-state index in [0.717, 1.165) is 29.0 Å². The third kappa shape index (κ3) is 1.89. The normalized spacial score (nSPS) is 10.9. The van der Waals surface area contributed by atoms with E-state index < -0.39 is 0 Å². The number of pyridine rings is 1. The van der Waals surface area contributed by atoms with Crippen LogP contribution < -0.4 is 4.90 Å². The molecule has 0 aliphatic heterocycles. The number of H-pyrrole nitrogens is 1. The van der Waals surface area contributed by atoms with Gasteiger partial charge in [0, 0.05) is 18.6 Å². The highest BCUT2D eigenvalue weighted by molar-refractivity contribution is 5.78. The Kier molecular flexibility index (Phi) is 2.33. The number of anilines is 1. The predicted octanol–water partition coefficient (Wildman–Crippen LogP) is 2.79. The highest BCUT2D eigenvalue weighted by Crippen LogP contribution is 2.19. The van der Waals surface area contributed by atoms with Gasteiger partial charge in [0.05, 0.1) is 24.7 Å². The molecule has 0 radical (unpaired) electrons. The van der Waals surface area contributed by atoms with Gasteiger partial charge in [-0.2, -0.15) is 0 Å². The van der Waals surface area contributed by atoms with E-state index in [1.165, 1.54) is 0 Å². The van der Waals surface area contributed by atoms with Crippen LogP contribution >= 0.6 is 0 Å². The summed E-state index contributed by atoms with van der Waals surface area (Å²) in [7, 11) is 2.03. The first kappa shape index (κ1) is 9.96. The van der Waals surface area contributed by atoms with Gasteiger partial charge in [0.25, 0.3) is 0 Å². The summed E-state index contributed by atoms with van der Waals surface area (Å²) >= 11 is 0. The molecule has 4 heteroatoms. The molecule has 0 spiro atoms. The zero-order chi connectivity index (χ0) is 11.7. The standard InChI is InChI=1S/C13H13N3O/c1-16(9-12-3-2-6-17-12)11-7-10-4-5-14-13(10)15-8-11/h2-8H,9H2,1H3,(H,14,15). The van der Waals surface area contributed by atoms with Gasteiger partial charge in [0.2, 0.25) is 0 Å². The SMILES string of the molecule is CN(Cc1ccco1)c1cnc2[nH]ccc2c1. The van der Waals surface area contributed by atoms with Crippen molar-refractivity contribution in [3.8, 4) is 0 Å². The molecule has 0 saturated carbocycles. The second-order valence-electron chi connectivity index (χ2n) is 4.04. The first-order valence-corrected chi connectivity index (χ1v) is 5.49. The average molecular weight is 227 g/mol. The molecule has 1 N–H and O–H groups in total. The zero-order valence-electron chi connectivity index (χ0n) is 9.55. The number of nitrogens with one attached hydrogen (secondary N) is 1. The summed E-state index contributed by atoms with van der Waals surface area (Å²) in [6.45, 7) is 0.741. The summed E-state index contributed by atoms with van der Waals surface area (Å²) in [5.41, 5.74) is 1.99. The maximum atomic E-state index is 5.33. The third-order valence-corrected chi connectivity index (χ3v) is 2.80. The molecule has 0 atom stereocenters. The van der Waals surface area contributed by atoms with Crippen LogP contribution in [0.15, 0.2) is 47.3 Å². The number of hydrogen-bond acceptors (Lipinski definition) is 3. The molecular formula is C13H13N3O. The lowest BCUT2D eigenvalue weighted by molar-refractivity contribution is 0.507. The van der Waals surface area contributed by atoms with Crippen molar-refractivity contribution < 1.29 is 4.42 Å². The van der Waals surface area contributed by atoms with E-state index in [9.17, 15) is 0 Å². The number of hydrogen-bond donors (Lipinski definition) is 1.